The fourth-order valence-corrected chi connectivity index (χ4v) is 3.60. The average Bonchev–Trinajstić information content (AvgIpc) is 3.38. The molecule has 4 rings (SSSR count). The van der Waals surface area contributed by atoms with Crippen LogP contribution in [0.3, 0.4) is 0 Å². The highest BCUT2D eigenvalue weighted by atomic mass is 19.4. The minimum atomic E-state index is -4.82. The molecule has 0 radical (unpaired) electrons. The van der Waals surface area contributed by atoms with Gasteiger partial charge in [-0.25, -0.2) is 0 Å². The van der Waals surface area contributed by atoms with Crippen molar-refractivity contribution in [2.45, 2.75) is 44.4 Å². The fourth-order valence-electron chi connectivity index (χ4n) is 3.60. The summed E-state index contributed by atoms with van der Waals surface area (Å²) in [6.07, 6.45) is 2.46. The van der Waals surface area contributed by atoms with Crippen molar-refractivity contribution in [3.05, 3.63) is 51.9 Å². The summed E-state index contributed by atoms with van der Waals surface area (Å²) in [6, 6.07) is 6.58. The molecule has 180 valence electrons. The van der Waals surface area contributed by atoms with Crippen molar-refractivity contribution in [1.82, 2.24) is 4.98 Å². The SMILES string of the molecule is C1CCCC1.NC(=O)c1cc(-c2ccc(OCC3COCCO3)cc2)c(C(F)(F)F)[nH]c1=O. The van der Waals surface area contributed by atoms with Gasteiger partial charge in [-0.1, -0.05) is 44.2 Å². The van der Waals surface area contributed by atoms with Gasteiger partial charge in [0.2, 0.25) is 0 Å². The Labute approximate surface area is 189 Å². The topological polar surface area (TPSA) is 104 Å². The lowest BCUT2D eigenvalue weighted by Gasteiger charge is -2.23. The number of hydrogen-bond acceptors (Lipinski definition) is 5. The molecule has 1 atom stereocenters. The Morgan fingerprint density at radius 2 is 1.73 bits per heavy atom. The molecule has 2 fully saturated rings. The van der Waals surface area contributed by atoms with Crippen LogP contribution < -0.4 is 16.0 Å². The average molecular weight is 468 g/mol. The number of rotatable bonds is 5. The number of carbonyl (C=O) groups excluding carboxylic acids is 1. The van der Waals surface area contributed by atoms with Crippen molar-refractivity contribution in [2.75, 3.05) is 26.4 Å². The number of carbonyl (C=O) groups is 1. The zero-order valence-corrected chi connectivity index (χ0v) is 18.1. The lowest BCUT2D eigenvalue weighted by Crippen LogP contribution is -2.33. The molecule has 0 spiro atoms. The number of amides is 1. The maximum Gasteiger partial charge on any atom is 0.431 e. The van der Waals surface area contributed by atoms with Crippen molar-refractivity contribution in [3.63, 3.8) is 0 Å². The Morgan fingerprint density at radius 1 is 1.09 bits per heavy atom. The van der Waals surface area contributed by atoms with E-state index in [9.17, 15) is 22.8 Å². The molecule has 3 N–H and O–H groups in total. The fraction of sp³-hybridized carbons (Fsp3) is 0.478. The molecule has 1 saturated heterocycles. The highest BCUT2D eigenvalue weighted by Crippen LogP contribution is 2.35. The standard InChI is InChI=1S/C18H17F3N2O5.C5H10/c19-18(20,21)15-13(7-14(16(22)24)17(25)23-15)10-1-3-11(4-2-10)28-9-12-8-26-5-6-27-12;1-2-4-5-3-1/h1-4,7,12H,5-6,8-9H2,(H2,22,24)(H,23,25);1-5H2. The number of aromatic nitrogens is 1. The van der Waals surface area contributed by atoms with Gasteiger partial charge in [0.15, 0.2) is 0 Å². The Kier molecular flexibility index (Phi) is 8.51. The van der Waals surface area contributed by atoms with Crippen LogP contribution in [0.5, 0.6) is 5.75 Å². The Hall–Kier alpha value is -2.85. The first-order chi connectivity index (χ1) is 15.8. The predicted molar refractivity (Wildman–Crippen MR) is 115 cm³/mol. The van der Waals surface area contributed by atoms with Gasteiger partial charge in [-0.2, -0.15) is 13.2 Å². The third-order valence-corrected chi connectivity index (χ3v) is 5.33. The van der Waals surface area contributed by atoms with Gasteiger partial charge < -0.3 is 24.9 Å². The first-order valence-corrected chi connectivity index (χ1v) is 10.8. The predicted octanol–water partition coefficient (Wildman–Crippen LogP) is 3.90. The minimum Gasteiger partial charge on any atom is -0.491 e. The van der Waals surface area contributed by atoms with Gasteiger partial charge in [-0.05, 0) is 23.8 Å². The molecule has 1 aromatic carbocycles. The number of alkyl halides is 3. The number of halogens is 3. The Balaban J connectivity index is 0.000000541. The number of nitrogens with one attached hydrogen (secondary N) is 1. The summed E-state index contributed by atoms with van der Waals surface area (Å²) in [5, 5.41) is 0. The van der Waals surface area contributed by atoms with Crippen molar-refractivity contribution in [3.8, 4) is 16.9 Å². The van der Waals surface area contributed by atoms with E-state index in [-0.39, 0.29) is 23.8 Å². The van der Waals surface area contributed by atoms with E-state index in [1.807, 2.05) is 0 Å². The number of hydrogen-bond donors (Lipinski definition) is 2. The summed E-state index contributed by atoms with van der Waals surface area (Å²) in [7, 11) is 0. The second-order valence-electron chi connectivity index (χ2n) is 7.83. The van der Waals surface area contributed by atoms with Crippen LogP contribution in [0, 0.1) is 0 Å². The molecule has 1 aliphatic heterocycles. The van der Waals surface area contributed by atoms with Crippen molar-refractivity contribution < 1.29 is 32.2 Å². The van der Waals surface area contributed by atoms with Gasteiger partial charge in [0.25, 0.3) is 11.5 Å². The third kappa shape index (κ3) is 7.06. The van der Waals surface area contributed by atoms with Crippen molar-refractivity contribution in [2.24, 2.45) is 5.73 Å². The highest BCUT2D eigenvalue weighted by molar-refractivity contribution is 5.94. The Morgan fingerprint density at radius 3 is 2.24 bits per heavy atom. The first kappa shape index (κ1) is 24.8. The summed E-state index contributed by atoms with van der Waals surface area (Å²) in [5.41, 5.74) is 1.83. The minimum absolute atomic E-state index is 0.135. The molecule has 2 aliphatic rings. The summed E-state index contributed by atoms with van der Waals surface area (Å²) in [4.78, 5) is 24.7. The number of aromatic amines is 1. The quantitative estimate of drug-likeness (QED) is 0.693. The molecule has 1 unspecified atom stereocenters. The smallest absolute Gasteiger partial charge is 0.431 e. The Bertz CT molecular complexity index is 971. The molecule has 2 aromatic rings. The van der Waals surface area contributed by atoms with Crippen molar-refractivity contribution >= 4 is 5.91 Å². The number of ether oxygens (including phenoxy) is 3. The van der Waals surface area contributed by atoms with Crippen LogP contribution in [0.4, 0.5) is 13.2 Å². The maximum absolute atomic E-state index is 13.3. The van der Waals surface area contributed by atoms with Gasteiger partial charge >= 0.3 is 6.18 Å². The number of H-pyrrole nitrogens is 1. The second kappa shape index (κ2) is 11.3. The van der Waals surface area contributed by atoms with E-state index in [1.165, 1.54) is 56.4 Å². The van der Waals surface area contributed by atoms with Gasteiger partial charge in [0, 0.05) is 5.56 Å². The molecule has 10 heteroatoms. The number of nitrogens with two attached hydrogens (primary N) is 1. The van der Waals surface area contributed by atoms with Crippen LogP contribution in [-0.4, -0.2) is 43.4 Å². The number of benzene rings is 1. The molecular weight excluding hydrogens is 441 g/mol. The van der Waals surface area contributed by atoms with E-state index in [1.54, 1.807) is 4.98 Å². The van der Waals surface area contributed by atoms with E-state index in [0.717, 1.165) is 6.07 Å². The van der Waals surface area contributed by atoms with Crippen LogP contribution in [0.25, 0.3) is 11.1 Å². The monoisotopic (exact) mass is 468 g/mol. The van der Waals surface area contributed by atoms with Crippen LogP contribution >= 0.6 is 0 Å². The summed E-state index contributed by atoms with van der Waals surface area (Å²) in [5.74, 6) is -0.697. The van der Waals surface area contributed by atoms with Gasteiger partial charge in [0.05, 0.1) is 19.8 Å². The largest absolute Gasteiger partial charge is 0.491 e. The van der Waals surface area contributed by atoms with E-state index >= 15 is 0 Å². The molecule has 33 heavy (non-hydrogen) atoms. The molecule has 0 bridgehead atoms. The summed E-state index contributed by atoms with van der Waals surface area (Å²) >= 11 is 0. The van der Waals surface area contributed by atoms with E-state index in [0.29, 0.717) is 25.6 Å². The van der Waals surface area contributed by atoms with E-state index in [4.69, 9.17) is 19.9 Å². The van der Waals surface area contributed by atoms with E-state index < -0.39 is 28.9 Å². The number of pyridine rings is 1. The normalized spacial score (nSPS) is 18.3. The van der Waals surface area contributed by atoms with Crippen LogP contribution in [-0.2, 0) is 15.7 Å². The number of primary amides is 1. The lowest BCUT2D eigenvalue weighted by molar-refractivity contribution is -0.140. The lowest BCUT2D eigenvalue weighted by atomic mass is 10.0. The molecule has 1 aliphatic carbocycles. The molecule has 7 nitrogen and oxygen atoms in total. The highest BCUT2D eigenvalue weighted by Gasteiger charge is 2.36. The van der Waals surface area contributed by atoms with E-state index in [2.05, 4.69) is 0 Å². The van der Waals surface area contributed by atoms with Gasteiger partial charge in [-0.15, -0.1) is 0 Å². The van der Waals surface area contributed by atoms with Gasteiger partial charge in [0.1, 0.15) is 29.7 Å². The maximum atomic E-state index is 13.3. The third-order valence-electron chi connectivity index (χ3n) is 5.33. The summed E-state index contributed by atoms with van der Waals surface area (Å²) in [6.45, 7) is 1.64. The molecule has 2 heterocycles. The zero-order valence-electron chi connectivity index (χ0n) is 18.1. The van der Waals surface area contributed by atoms with Crippen molar-refractivity contribution in [1.29, 1.82) is 0 Å². The molecular formula is C23H27F3N2O5. The second-order valence-corrected chi connectivity index (χ2v) is 7.83. The summed E-state index contributed by atoms with van der Waals surface area (Å²) < 4.78 is 56.2. The molecule has 1 saturated carbocycles. The first-order valence-electron chi connectivity index (χ1n) is 10.8. The zero-order chi connectivity index (χ0) is 23.8. The van der Waals surface area contributed by atoms with Crippen LogP contribution in [0.15, 0.2) is 35.1 Å². The van der Waals surface area contributed by atoms with Crippen LogP contribution in [0.1, 0.15) is 48.2 Å². The van der Waals surface area contributed by atoms with Crippen LogP contribution in [0.2, 0.25) is 0 Å². The molecule has 1 amide bonds. The molecule has 1 aromatic heterocycles. The van der Waals surface area contributed by atoms with Gasteiger partial charge in [-0.3, -0.25) is 9.59 Å².